The van der Waals surface area contributed by atoms with Crippen LogP contribution in [0.25, 0.3) is 0 Å². The molecule has 0 radical (unpaired) electrons. The van der Waals surface area contributed by atoms with Crippen LogP contribution in [0, 0.1) is 12.7 Å². The molecule has 0 aliphatic heterocycles. The Morgan fingerprint density at radius 3 is 2.12 bits per heavy atom. The smallest absolute Gasteiger partial charge is 0.234 e. The molecule has 0 aliphatic carbocycles. The van der Waals surface area contributed by atoms with Crippen LogP contribution in [0.5, 0.6) is 0 Å². The van der Waals surface area contributed by atoms with Gasteiger partial charge in [-0.15, -0.1) is 11.8 Å². The first-order chi connectivity index (χ1) is 11.4. The standard InChI is InChI=1S/C17H16ClFN2O2S/c1-11-2-4-12(5-3-11)20-16(22)9-24-10-17(23)21-13-6-7-15(19)14(18)8-13/h2-8H,9-10H2,1H3,(H,20,22)(H,21,23). The predicted octanol–water partition coefficient (Wildman–Crippen LogP) is 4.10. The molecule has 2 aromatic rings. The van der Waals surface area contributed by atoms with Gasteiger partial charge >= 0.3 is 0 Å². The Morgan fingerprint density at radius 2 is 1.54 bits per heavy atom. The number of nitrogens with one attached hydrogen (secondary N) is 2. The van der Waals surface area contributed by atoms with E-state index in [9.17, 15) is 14.0 Å². The Kier molecular flexibility index (Phi) is 6.63. The molecular weight excluding hydrogens is 351 g/mol. The van der Waals surface area contributed by atoms with Gasteiger partial charge in [0.15, 0.2) is 0 Å². The Bertz CT molecular complexity index is 738. The third-order valence-corrected chi connectivity index (χ3v) is 4.23. The molecule has 2 N–H and O–H groups in total. The number of thioether (sulfide) groups is 1. The summed E-state index contributed by atoms with van der Waals surface area (Å²) in [5.41, 5.74) is 2.24. The van der Waals surface area contributed by atoms with Crippen LogP contribution in [0.2, 0.25) is 5.02 Å². The molecule has 0 aliphatic rings. The SMILES string of the molecule is Cc1ccc(NC(=O)CSCC(=O)Nc2ccc(F)c(Cl)c2)cc1. The Labute approximate surface area is 148 Å². The monoisotopic (exact) mass is 366 g/mol. The number of rotatable bonds is 6. The Morgan fingerprint density at radius 1 is 1.00 bits per heavy atom. The molecule has 0 saturated carbocycles. The van der Waals surface area contributed by atoms with Crippen LogP contribution in [0.3, 0.4) is 0 Å². The van der Waals surface area contributed by atoms with Gasteiger partial charge in [-0.05, 0) is 37.3 Å². The van der Waals surface area contributed by atoms with E-state index in [1.54, 1.807) is 0 Å². The van der Waals surface area contributed by atoms with E-state index >= 15 is 0 Å². The lowest BCUT2D eigenvalue weighted by Crippen LogP contribution is -2.18. The summed E-state index contributed by atoms with van der Waals surface area (Å²) in [7, 11) is 0. The van der Waals surface area contributed by atoms with Crippen molar-refractivity contribution >= 4 is 46.6 Å². The quantitative estimate of drug-likeness (QED) is 0.809. The maximum absolute atomic E-state index is 13.0. The van der Waals surface area contributed by atoms with E-state index in [0.29, 0.717) is 5.69 Å². The Hall–Kier alpha value is -2.05. The van der Waals surface area contributed by atoms with E-state index in [0.717, 1.165) is 11.3 Å². The lowest BCUT2D eigenvalue weighted by atomic mass is 10.2. The molecule has 2 amide bonds. The van der Waals surface area contributed by atoms with Gasteiger partial charge in [0.1, 0.15) is 5.82 Å². The molecular formula is C17H16ClFN2O2S. The highest BCUT2D eigenvalue weighted by Crippen LogP contribution is 2.19. The molecule has 0 fully saturated rings. The maximum atomic E-state index is 13.0. The number of aryl methyl sites for hydroxylation is 1. The number of hydrogen-bond acceptors (Lipinski definition) is 3. The Balaban J connectivity index is 1.72. The van der Waals surface area contributed by atoms with Crippen molar-refractivity contribution in [2.24, 2.45) is 0 Å². The number of hydrogen-bond donors (Lipinski definition) is 2. The van der Waals surface area contributed by atoms with Gasteiger partial charge < -0.3 is 10.6 Å². The van der Waals surface area contributed by atoms with E-state index < -0.39 is 5.82 Å². The van der Waals surface area contributed by atoms with Crippen molar-refractivity contribution < 1.29 is 14.0 Å². The highest BCUT2D eigenvalue weighted by molar-refractivity contribution is 8.00. The highest BCUT2D eigenvalue weighted by Gasteiger charge is 2.08. The van der Waals surface area contributed by atoms with E-state index in [1.165, 1.54) is 30.0 Å². The van der Waals surface area contributed by atoms with Gasteiger partial charge in [-0.1, -0.05) is 29.3 Å². The summed E-state index contributed by atoms with van der Waals surface area (Å²) >= 11 is 6.83. The number of carbonyl (C=O) groups excluding carboxylic acids is 2. The minimum absolute atomic E-state index is 0.0575. The van der Waals surface area contributed by atoms with Gasteiger partial charge in [0.2, 0.25) is 11.8 Å². The van der Waals surface area contributed by atoms with Crippen LogP contribution in [0.4, 0.5) is 15.8 Å². The number of anilines is 2. The summed E-state index contributed by atoms with van der Waals surface area (Å²) < 4.78 is 13.0. The molecule has 0 heterocycles. The molecule has 0 saturated heterocycles. The number of benzene rings is 2. The average molecular weight is 367 g/mol. The predicted molar refractivity (Wildman–Crippen MR) is 97.2 cm³/mol. The van der Waals surface area contributed by atoms with Crippen molar-refractivity contribution in [3.05, 3.63) is 58.9 Å². The largest absolute Gasteiger partial charge is 0.325 e. The van der Waals surface area contributed by atoms with Crippen LogP contribution in [0.15, 0.2) is 42.5 Å². The number of carbonyl (C=O) groups is 2. The van der Waals surface area contributed by atoms with Crippen LogP contribution >= 0.6 is 23.4 Å². The van der Waals surface area contributed by atoms with Gasteiger partial charge in [-0.25, -0.2) is 4.39 Å². The van der Waals surface area contributed by atoms with Crippen LogP contribution in [-0.4, -0.2) is 23.3 Å². The fourth-order valence-electron chi connectivity index (χ4n) is 1.84. The van der Waals surface area contributed by atoms with Crippen molar-refractivity contribution in [3.63, 3.8) is 0 Å². The van der Waals surface area contributed by atoms with Gasteiger partial charge in [-0.3, -0.25) is 9.59 Å². The molecule has 0 atom stereocenters. The molecule has 0 aromatic heterocycles. The molecule has 4 nitrogen and oxygen atoms in total. The minimum atomic E-state index is -0.545. The summed E-state index contributed by atoms with van der Waals surface area (Å²) in [5.74, 6) is -0.744. The van der Waals surface area contributed by atoms with Gasteiger partial charge in [0.05, 0.1) is 16.5 Å². The number of amides is 2. The van der Waals surface area contributed by atoms with Gasteiger partial charge in [0, 0.05) is 11.4 Å². The summed E-state index contributed by atoms with van der Waals surface area (Å²) in [4.78, 5) is 23.6. The minimum Gasteiger partial charge on any atom is -0.325 e. The molecule has 2 aromatic carbocycles. The second-order valence-electron chi connectivity index (χ2n) is 5.08. The van der Waals surface area contributed by atoms with E-state index in [-0.39, 0.29) is 28.3 Å². The molecule has 0 bridgehead atoms. The zero-order valence-corrected chi connectivity index (χ0v) is 14.5. The molecule has 7 heteroatoms. The topological polar surface area (TPSA) is 58.2 Å². The molecule has 24 heavy (non-hydrogen) atoms. The van der Waals surface area contributed by atoms with Crippen molar-refractivity contribution in [1.82, 2.24) is 0 Å². The summed E-state index contributed by atoms with van der Waals surface area (Å²) in [5, 5.41) is 5.30. The fourth-order valence-corrected chi connectivity index (χ4v) is 2.64. The van der Waals surface area contributed by atoms with E-state index in [4.69, 9.17) is 11.6 Å². The molecule has 2 rings (SSSR count). The normalized spacial score (nSPS) is 10.3. The highest BCUT2D eigenvalue weighted by atomic mass is 35.5. The first-order valence-electron chi connectivity index (χ1n) is 7.13. The third-order valence-electron chi connectivity index (χ3n) is 3.00. The van der Waals surface area contributed by atoms with Crippen molar-refractivity contribution in [2.75, 3.05) is 22.1 Å². The van der Waals surface area contributed by atoms with E-state index in [1.807, 2.05) is 31.2 Å². The first kappa shape index (κ1) is 18.3. The van der Waals surface area contributed by atoms with Crippen molar-refractivity contribution in [2.45, 2.75) is 6.92 Å². The number of halogens is 2. The van der Waals surface area contributed by atoms with E-state index in [2.05, 4.69) is 10.6 Å². The van der Waals surface area contributed by atoms with Crippen LogP contribution in [0.1, 0.15) is 5.56 Å². The summed E-state index contributed by atoms with van der Waals surface area (Å²) in [6.07, 6.45) is 0. The zero-order chi connectivity index (χ0) is 17.5. The van der Waals surface area contributed by atoms with Crippen molar-refractivity contribution in [3.8, 4) is 0 Å². The lowest BCUT2D eigenvalue weighted by molar-refractivity contribution is -0.114. The summed E-state index contributed by atoms with van der Waals surface area (Å²) in [6, 6.07) is 11.4. The fraction of sp³-hybridized carbons (Fsp3) is 0.176. The second-order valence-corrected chi connectivity index (χ2v) is 6.48. The maximum Gasteiger partial charge on any atom is 0.234 e. The van der Waals surface area contributed by atoms with Crippen LogP contribution in [-0.2, 0) is 9.59 Å². The van der Waals surface area contributed by atoms with Crippen LogP contribution < -0.4 is 10.6 Å². The second kappa shape index (κ2) is 8.70. The third kappa shape index (κ3) is 5.86. The molecule has 126 valence electrons. The molecule has 0 spiro atoms. The first-order valence-corrected chi connectivity index (χ1v) is 8.66. The van der Waals surface area contributed by atoms with Crippen molar-refractivity contribution in [1.29, 1.82) is 0 Å². The van der Waals surface area contributed by atoms with Gasteiger partial charge in [0.25, 0.3) is 0 Å². The lowest BCUT2D eigenvalue weighted by Gasteiger charge is -2.07. The summed E-state index contributed by atoms with van der Waals surface area (Å²) in [6.45, 7) is 1.97. The average Bonchev–Trinajstić information content (AvgIpc) is 2.53. The van der Waals surface area contributed by atoms with Gasteiger partial charge in [-0.2, -0.15) is 0 Å². The zero-order valence-electron chi connectivity index (χ0n) is 12.9. The molecule has 0 unspecified atom stereocenters.